The van der Waals surface area contributed by atoms with Crippen LogP contribution in [0.3, 0.4) is 0 Å². The van der Waals surface area contributed by atoms with Crippen molar-refractivity contribution in [1.29, 1.82) is 0 Å². The molecule has 3 saturated heterocycles. The van der Waals surface area contributed by atoms with Crippen molar-refractivity contribution < 1.29 is 9.47 Å². The normalized spacial score (nSPS) is 36.5. The first-order valence-electron chi connectivity index (χ1n) is 7.37. The van der Waals surface area contributed by atoms with Gasteiger partial charge in [0.2, 0.25) is 6.79 Å². The third-order valence-corrected chi connectivity index (χ3v) is 5.05. The van der Waals surface area contributed by atoms with Crippen LogP contribution in [0.15, 0.2) is 23.3 Å². The zero-order chi connectivity index (χ0) is 13.1. The molecule has 6 rings (SSSR count). The summed E-state index contributed by atoms with van der Waals surface area (Å²) < 4.78 is 10.9. The maximum absolute atomic E-state index is 5.50. The van der Waals surface area contributed by atoms with Crippen molar-refractivity contribution in [2.24, 2.45) is 11.0 Å². The molecule has 0 unspecified atom stereocenters. The predicted molar refractivity (Wildman–Crippen MR) is 74.0 cm³/mol. The van der Waals surface area contributed by atoms with Crippen molar-refractivity contribution in [3.05, 3.63) is 23.8 Å². The molecule has 1 aromatic carbocycles. The van der Waals surface area contributed by atoms with Crippen LogP contribution in [-0.2, 0) is 0 Å². The van der Waals surface area contributed by atoms with Crippen LogP contribution in [0.5, 0.6) is 11.5 Å². The highest BCUT2D eigenvalue weighted by Gasteiger charge is 2.46. The van der Waals surface area contributed by atoms with Crippen molar-refractivity contribution in [3.63, 3.8) is 0 Å². The van der Waals surface area contributed by atoms with Gasteiger partial charge in [-0.1, -0.05) is 6.07 Å². The van der Waals surface area contributed by atoms with E-state index in [1.165, 1.54) is 37.2 Å². The maximum Gasteiger partial charge on any atom is 0.231 e. The van der Waals surface area contributed by atoms with Gasteiger partial charge in [0.1, 0.15) is 0 Å². The highest BCUT2D eigenvalue weighted by Crippen LogP contribution is 2.41. The highest BCUT2D eigenvalue weighted by molar-refractivity contribution is 5.95. The van der Waals surface area contributed by atoms with Gasteiger partial charge in [-0.05, 0) is 43.6 Å². The molecule has 104 valence electrons. The van der Waals surface area contributed by atoms with Crippen LogP contribution in [-0.4, -0.2) is 36.5 Å². The number of ether oxygens (including phenoxy) is 2. The van der Waals surface area contributed by atoms with Crippen molar-refractivity contribution in [1.82, 2.24) is 10.3 Å². The first-order valence-corrected chi connectivity index (χ1v) is 7.37. The lowest BCUT2D eigenvalue weighted by atomic mass is 9.78. The van der Waals surface area contributed by atoms with Gasteiger partial charge in [-0.25, -0.2) is 0 Å². The molecule has 5 aliphatic heterocycles. The Hall–Kier alpha value is -1.75. The number of hydrogen-bond acceptors (Lipinski definition) is 5. The van der Waals surface area contributed by atoms with E-state index in [4.69, 9.17) is 9.47 Å². The van der Waals surface area contributed by atoms with Gasteiger partial charge in [-0.3, -0.25) is 4.90 Å². The number of rotatable bonds is 1. The van der Waals surface area contributed by atoms with Crippen LogP contribution < -0.4 is 14.9 Å². The fourth-order valence-electron chi connectivity index (χ4n) is 4.02. The molecule has 0 radical (unpaired) electrons. The van der Waals surface area contributed by atoms with Crippen LogP contribution in [0.1, 0.15) is 24.4 Å². The summed E-state index contributed by atoms with van der Waals surface area (Å²) >= 11 is 0. The highest BCUT2D eigenvalue weighted by atomic mass is 16.7. The Balaban J connectivity index is 1.51. The number of nitrogens with one attached hydrogen (secondary N) is 1. The SMILES string of the molecule is c1cc2c(cc1[C@@H]1NN=C3C4CCN(CC4)[C@H]31)OCO2. The van der Waals surface area contributed by atoms with Gasteiger partial charge in [-0.2, -0.15) is 5.10 Å². The quantitative estimate of drug-likeness (QED) is 0.841. The Morgan fingerprint density at radius 3 is 2.90 bits per heavy atom. The first kappa shape index (κ1) is 11.0. The zero-order valence-corrected chi connectivity index (χ0v) is 11.2. The number of benzene rings is 1. The second-order valence-corrected chi connectivity index (χ2v) is 6.01. The van der Waals surface area contributed by atoms with Crippen LogP contribution in [0, 0.1) is 5.92 Å². The van der Waals surface area contributed by atoms with E-state index < -0.39 is 0 Å². The molecular weight excluding hydrogens is 254 g/mol. The summed E-state index contributed by atoms with van der Waals surface area (Å²) in [5, 5.41) is 4.64. The van der Waals surface area contributed by atoms with E-state index >= 15 is 0 Å². The molecule has 5 nitrogen and oxygen atoms in total. The molecule has 1 N–H and O–H groups in total. The smallest absolute Gasteiger partial charge is 0.231 e. The van der Waals surface area contributed by atoms with E-state index in [-0.39, 0.29) is 6.04 Å². The number of piperidine rings is 3. The van der Waals surface area contributed by atoms with Crippen LogP contribution in [0.4, 0.5) is 0 Å². The Bertz CT molecular complexity index is 593. The van der Waals surface area contributed by atoms with Crippen molar-refractivity contribution >= 4 is 5.71 Å². The molecule has 5 heterocycles. The molecule has 2 atom stereocenters. The average molecular weight is 271 g/mol. The third kappa shape index (κ3) is 1.38. The lowest BCUT2D eigenvalue weighted by Crippen LogP contribution is -2.56. The lowest BCUT2D eigenvalue weighted by molar-refractivity contribution is 0.133. The van der Waals surface area contributed by atoms with Crippen molar-refractivity contribution in [3.8, 4) is 11.5 Å². The number of fused-ring (bicyclic) bond motifs is 3. The Morgan fingerprint density at radius 2 is 2.00 bits per heavy atom. The van der Waals surface area contributed by atoms with Gasteiger partial charge in [0.25, 0.3) is 0 Å². The van der Waals surface area contributed by atoms with Crippen molar-refractivity contribution in [2.45, 2.75) is 24.9 Å². The largest absolute Gasteiger partial charge is 0.454 e. The Morgan fingerprint density at radius 1 is 1.15 bits per heavy atom. The summed E-state index contributed by atoms with van der Waals surface area (Å²) in [7, 11) is 0. The molecule has 0 spiro atoms. The number of nitrogens with zero attached hydrogens (tertiary/aromatic N) is 2. The summed E-state index contributed by atoms with van der Waals surface area (Å²) in [4.78, 5) is 2.58. The maximum atomic E-state index is 5.50. The van der Waals surface area contributed by atoms with E-state index in [1.54, 1.807) is 0 Å². The average Bonchev–Trinajstić information content (AvgIpc) is 3.15. The lowest BCUT2D eigenvalue weighted by Gasteiger charge is -2.45. The summed E-state index contributed by atoms with van der Waals surface area (Å²) in [5.74, 6) is 2.39. The molecule has 0 aliphatic carbocycles. The number of hydrogen-bond donors (Lipinski definition) is 1. The minimum Gasteiger partial charge on any atom is -0.454 e. The molecule has 5 heteroatoms. The van der Waals surface area contributed by atoms with Gasteiger partial charge >= 0.3 is 0 Å². The van der Waals surface area contributed by atoms with Crippen LogP contribution in [0.25, 0.3) is 0 Å². The molecule has 1 aromatic rings. The molecule has 3 fully saturated rings. The standard InChI is InChI=1S/C15H17N3O2/c1-2-11-12(20-8-19-11)7-10(1)14-15-13(16-17-14)9-3-5-18(15)6-4-9/h1-2,7,9,14-15,17H,3-6,8H2/t14-,15+/m0/s1. The summed E-state index contributed by atoms with van der Waals surface area (Å²) in [5.41, 5.74) is 5.96. The van der Waals surface area contributed by atoms with E-state index in [9.17, 15) is 0 Å². The molecule has 0 amide bonds. The molecule has 2 bridgehead atoms. The van der Waals surface area contributed by atoms with Crippen molar-refractivity contribution in [2.75, 3.05) is 19.9 Å². The summed E-state index contributed by atoms with van der Waals surface area (Å²) in [6.45, 7) is 2.74. The van der Waals surface area contributed by atoms with Gasteiger partial charge in [0.05, 0.1) is 17.8 Å². The van der Waals surface area contributed by atoms with Gasteiger partial charge < -0.3 is 14.9 Å². The number of hydrazone groups is 1. The molecule has 0 aromatic heterocycles. The molecular formula is C15H17N3O2. The molecule has 20 heavy (non-hydrogen) atoms. The van der Waals surface area contributed by atoms with E-state index in [2.05, 4.69) is 27.6 Å². The zero-order valence-electron chi connectivity index (χ0n) is 11.2. The molecule has 0 saturated carbocycles. The second kappa shape index (κ2) is 3.88. The predicted octanol–water partition coefficient (Wildman–Crippen LogP) is 1.51. The Kier molecular flexibility index (Phi) is 2.13. The minimum atomic E-state index is 0.252. The monoisotopic (exact) mass is 271 g/mol. The van der Waals surface area contributed by atoms with Gasteiger partial charge in [0.15, 0.2) is 11.5 Å². The van der Waals surface area contributed by atoms with E-state index in [0.717, 1.165) is 11.5 Å². The van der Waals surface area contributed by atoms with Crippen LogP contribution >= 0.6 is 0 Å². The summed E-state index contributed by atoms with van der Waals surface area (Å²) in [6, 6.07) is 6.92. The van der Waals surface area contributed by atoms with Gasteiger partial charge in [-0.15, -0.1) is 0 Å². The third-order valence-electron chi connectivity index (χ3n) is 5.05. The van der Waals surface area contributed by atoms with E-state index in [0.29, 0.717) is 18.8 Å². The minimum absolute atomic E-state index is 0.252. The van der Waals surface area contributed by atoms with Gasteiger partial charge in [0, 0.05) is 5.92 Å². The van der Waals surface area contributed by atoms with E-state index in [1.807, 2.05) is 6.07 Å². The summed E-state index contributed by atoms with van der Waals surface area (Å²) in [6.07, 6.45) is 2.54. The second-order valence-electron chi connectivity index (χ2n) is 6.01. The fraction of sp³-hybridized carbons (Fsp3) is 0.533. The van der Waals surface area contributed by atoms with Crippen LogP contribution in [0.2, 0.25) is 0 Å². The first-order chi connectivity index (χ1) is 9.90. The molecule has 5 aliphatic rings. The Labute approximate surface area is 117 Å². The topological polar surface area (TPSA) is 46.1 Å². The fourth-order valence-corrected chi connectivity index (χ4v) is 4.02.